The fraction of sp³-hybridized carbons (Fsp3) is 0.182. The van der Waals surface area contributed by atoms with Gasteiger partial charge in [-0.2, -0.15) is 0 Å². The molecule has 0 amide bonds. The summed E-state index contributed by atoms with van der Waals surface area (Å²) >= 11 is 6.29. The first-order valence-corrected chi connectivity index (χ1v) is 13.2. The van der Waals surface area contributed by atoms with Gasteiger partial charge in [0.1, 0.15) is 12.4 Å². The largest absolute Gasteiger partial charge is 0.488 e. The molecule has 0 spiro atoms. The smallest absolute Gasteiger partial charge is 0.128 e. The van der Waals surface area contributed by atoms with E-state index in [2.05, 4.69) is 66.9 Å². The van der Waals surface area contributed by atoms with Crippen LogP contribution in [0.25, 0.3) is 0 Å². The Kier molecular flexibility index (Phi) is 6.55. The van der Waals surface area contributed by atoms with Crippen molar-refractivity contribution in [2.75, 3.05) is 5.32 Å². The van der Waals surface area contributed by atoms with Crippen LogP contribution in [0.3, 0.4) is 0 Å². The van der Waals surface area contributed by atoms with Crippen LogP contribution in [-0.2, 0) is 6.61 Å². The molecule has 1 aliphatic heterocycles. The van der Waals surface area contributed by atoms with Crippen molar-refractivity contribution >= 4 is 29.2 Å². The fourth-order valence-corrected chi connectivity index (χ4v) is 5.64. The third-order valence-corrected chi connectivity index (χ3v) is 7.75. The number of benzene rings is 4. The van der Waals surface area contributed by atoms with Crippen LogP contribution in [0.1, 0.15) is 46.2 Å². The average Bonchev–Trinajstić information content (AvgIpc) is 3.43. The molecule has 3 nitrogen and oxygen atoms in total. The lowest BCUT2D eigenvalue weighted by Crippen LogP contribution is -2.29. The number of halogens is 1. The zero-order valence-corrected chi connectivity index (χ0v) is 21.5. The highest BCUT2D eigenvalue weighted by atomic mass is 35.5. The molecule has 4 aromatic rings. The number of nitrogens with one attached hydrogen (secondary N) is 1. The van der Waals surface area contributed by atoms with Crippen molar-refractivity contribution in [2.24, 2.45) is 10.9 Å². The summed E-state index contributed by atoms with van der Waals surface area (Å²) in [6.07, 6.45) is 7.69. The molecule has 1 aliphatic carbocycles. The second kappa shape index (κ2) is 10.3. The molecular formula is C33H29ClN2O. The summed E-state index contributed by atoms with van der Waals surface area (Å²) in [7, 11) is 0. The van der Waals surface area contributed by atoms with Gasteiger partial charge in [-0.3, -0.25) is 4.99 Å². The number of rotatable bonds is 6. The maximum Gasteiger partial charge on any atom is 0.128 e. The van der Waals surface area contributed by atoms with E-state index in [0.29, 0.717) is 23.5 Å². The molecule has 6 rings (SSSR count). The predicted octanol–water partition coefficient (Wildman–Crippen LogP) is 8.80. The first-order chi connectivity index (χ1) is 18.2. The van der Waals surface area contributed by atoms with Crippen LogP contribution in [0, 0.1) is 12.8 Å². The third kappa shape index (κ3) is 4.92. The van der Waals surface area contributed by atoms with Crippen molar-refractivity contribution in [3.63, 3.8) is 0 Å². The van der Waals surface area contributed by atoms with E-state index in [1.165, 1.54) is 22.4 Å². The van der Waals surface area contributed by atoms with Crippen LogP contribution < -0.4 is 10.1 Å². The van der Waals surface area contributed by atoms with Gasteiger partial charge in [-0.05, 0) is 66.8 Å². The molecule has 0 aromatic heterocycles. The van der Waals surface area contributed by atoms with Gasteiger partial charge >= 0.3 is 0 Å². The number of nitrogens with zero attached hydrogens (tertiary/aromatic N) is 1. The lowest BCUT2D eigenvalue weighted by atomic mass is 9.76. The summed E-state index contributed by atoms with van der Waals surface area (Å²) in [6, 6.07) is 31.3. The standard InChI is InChI=1S/C33H29ClN2O/c1-22-13-18-31-29(19-22)27-9-6-10-28(27)33(36-31)23-14-16-26(17-15-23)35-20-24-7-3-5-12-32(24)37-21-25-8-2-4-11-30(25)34/h2-9,11-20,27-28,33,36H,10,21H2,1H3/t27-,28-,33-/m1/s1. The van der Waals surface area contributed by atoms with Gasteiger partial charge in [0.25, 0.3) is 0 Å². The molecule has 4 aromatic carbocycles. The Hall–Kier alpha value is -3.82. The molecule has 184 valence electrons. The molecule has 4 heteroatoms. The van der Waals surface area contributed by atoms with Gasteiger partial charge in [-0.1, -0.05) is 83.9 Å². The summed E-state index contributed by atoms with van der Waals surface area (Å²) < 4.78 is 6.08. The van der Waals surface area contributed by atoms with E-state index in [1.807, 2.05) is 54.7 Å². The second-order valence-electron chi connectivity index (χ2n) is 9.83. The minimum absolute atomic E-state index is 0.284. The number of anilines is 1. The number of ether oxygens (including phenoxy) is 1. The summed E-state index contributed by atoms with van der Waals surface area (Å²) in [6.45, 7) is 2.58. The van der Waals surface area contributed by atoms with E-state index in [-0.39, 0.29) is 6.04 Å². The predicted molar refractivity (Wildman–Crippen MR) is 153 cm³/mol. The van der Waals surface area contributed by atoms with Gasteiger partial charge in [0.2, 0.25) is 0 Å². The third-order valence-electron chi connectivity index (χ3n) is 7.38. The fourth-order valence-electron chi connectivity index (χ4n) is 5.45. The maximum atomic E-state index is 6.29. The highest BCUT2D eigenvalue weighted by Gasteiger charge is 2.37. The Morgan fingerprint density at radius 3 is 2.65 bits per heavy atom. The molecule has 0 bridgehead atoms. The minimum atomic E-state index is 0.284. The molecule has 0 saturated carbocycles. The molecule has 3 atom stereocenters. The molecular weight excluding hydrogens is 476 g/mol. The molecule has 0 fully saturated rings. The average molecular weight is 505 g/mol. The summed E-state index contributed by atoms with van der Waals surface area (Å²) in [5, 5.41) is 4.53. The van der Waals surface area contributed by atoms with Crippen LogP contribution in [-0.4, -0.2) is 6.21 Å². The van der Waals surface area contributed by atoms with Crippen molar-refractivity contribution in [1.29, 1.82) is 0 Å². The van der Waals surface area contributed by atoms with E-state index in [0.717, 1.165) is 29.0 Å². The lowest BCUT2D eigenvalue weighted by molar-refractivity contribution is 0.306. The van der Waals surface area contributed by atoms with Gasteiger partial charge in [-0.15, -0.1) is 0 Å². The number of allylic oxidation sites excluding steroid dienone is 2. The molecule has 0 unspecified atom stereocenters. The molecule has 2 aliphatic rings. The number of para-hydroxylation sites is 1. The number of aliphatic imine (C=N–C) groups is 1. The van der Waals surface area contributed by atoms with Gasteiger partial charge in [0, 0.05) is 34.0 Å². The number of fused-ring (bicyclic) bond motifs is 3. The van der Waals surface area contributed by atoms with Crippen LogP contribution >= 0.6 is 11.6 Å². The van der Waals surface area contributed by atoms with Gasteiger partial charge in [0.15, 0.2) is 0 Å². The van der Waals surface area contributed by atoms with E-state index in [1.54, 1.807) is 0 Å². The summed E-state index contributed by atoms with van der Waals surface area (Å²) in [5.41, 5.74) is 8.09. The van der Waals surface area contributed by atoms with E-state index >= 15 is 0 Å². The molecule has 0 radical (unpaired) electrons. The lowest BCUT2D eigenvalue weighted by Gasteiger charge is -2.37. The summed E-state index contributed by atoms with van der Waals surface area (Å²) in [4.78, 5) is 4.74. The second-order valence-corrected chi connectivity index (χ2v) is 10.2. The first-order valence-electron chi connectivity index (χ1n) is 12.8. The van der Waals surface area contributed by atoms with Crippen molar-refractivity contribution in [3.8, 4) is 5.75 Å². The Morgan fingerprint density at radius 2 is 1.78 bits per heavy atom. The zero-order chi connectivity index (χ0) is 25.2. The molecule has 1 heterocycles. The first kappa shape index (κ1) is 23.6. The topological polar surface area (TPSA) is 33.6 Å². The Bertz CT molecular complexity index is 1470. The summed E-state index contributed by atoms with van der Waals surface area (Å²) in [5.74, 6) is 1.79. The number of hydrogen-bond acceptors (Lipinski definition) is 3. The van der Waals surface area contributed by atoms with E-state index in [9.17, 15) is 0 Å². The highest BCUT2D eigenvalue weighted by Crippen LogP contribution is 2.50. The van der Waals surface area contributed by atoms with Crippen LogP contribution in [0.5, 0.6) is 5.75 Å². The Balaban J connectivity index is 1.18. The normalized spacial score (nSPS) is 19.9. The van der Waals surface area contributed by atoms with Gasteiger partial charge < -0.3 is 10.1 Å². The van der Waals surface area contributed by atoms with Crippen molar-refractivity contribution in [1.82, 2.24) is 0 Å². The zero-order valence-electron chi connectivity index (χ0n) is 20.8. The van der Waals surface area contributed by atoms with Crippen LogP contribution in [0.4, 0.5) is 11.4 Å². The quantitative estimate of drug-likeness (QED) is 0.210. The van der Waals surface area contributed by atoms with Crippen molar-refractivity contribution < 1.29 is 4.74 Å². The number of aryl methyl sites for hydroxylation is 1. The van der Waals surface area contributed by atoms with E-state index < -0.39 is 0 Å². The number of hydrogen-bond donors (Lipinski definition) is 1. The highest BCUT2D eigenvalue weighted by molar-refractivity contribution is 6.31. The van der Waals surface area contributed by atoms with Crippen molar-refractivity contribution in [3.05, 3.63) is 136 Å². The SMILES string of the molecule is Cc1ccc2c(c1)[C@@H]1C=CC[C@H]1[C@@H](c1ccc(N=Cc3ccccc3OCc3ccccc3Cl)cc1)N2. The molecule has 37 heavy (non-hydrogen) atoms. The maximum absolute atomic E-state index is 6.29. The monoisotopic (exact) mass is 504 g/mol. The Morgan fingerprint density at radius 1 is 0.973 bits per heavy atom. The van der Waals surface area contributed by atoms with Crippen molar-refractivity contribution in [2.45, 2.75) is 31.9 Å². The van der Waals surface area contributed by atoms with Gasteiger partial charge in [0.05, 0.1) is 11.7 Å². The van der Waals surface area contributed by atoms with Gasteiger partial charge in [-0.25, -0.2) is 0 Å². The minimum Gasteiger partial charge on any atom is -0.488 e. The molecule has 1 N–H and O–H groups in total. The van der Waals surface area contributed by atoms with Crippen LogP contribution in [0.2, 0.25) is 5.02 Å². The van der Waals surface area contributed by atoms with E-state index in [4.69, 9.17) is 21.3 Å². The Labute approximate surface area is 223 Å². The molecule has 0 saturated heterocycles. The van der Waals surface area contributed by atoms with Crippen LogP contribution in [0.15, 0.2) is 108 Å².